The summed E-state index contributed by atoms with van der Waals surface area (Å²) in [6.45, 7) is 2.72. The summed E-state index contributed by atoms with van der Waals surface area (Å²) in [5.74, 6) is -0.342. The molecule has 0 fully saturated rings. The van der Waals surface area contributed by atoms with E-state index in [9.17, 15) is 4.39 Å². The van der Waals surface area contributed by atoms with Crippen molar-refractivity contribution in [3.8, 4) is 0 Å². The van der Waals surface area contributed by atoms with Crippen LogP contribution in [0.2, 0.25) is 0 Å². The summed E-state index contributed by atoms with van der Waals surface area (Å²) in [6, 6.07) is 2.92. The predicted molar refractivity (Wildman–Crippen MR) is 60.8 cm³/mol. The first-order chi connectivity index (χ1) is 8.26. The molecule has 1 N–H and O–H groups in total. The fourth-order valence-corrected chi connectivity index (χ4v) is 1.74. The van der Waals surface area contributed by atoms with E-state index >= 15 is 0 Å². The lowest BCUT2D eigenvalue weighted by atomic mass is 10.1. The second kappa shape index (κ2) is 5.01. The van der Waals surface area contributed by atoms with Gasteiger partial charge in [-0.1, -0.05) is 5.21 Å². The quantitative estimate of drug-likeness (QED) is 0.863. The number of aromatic nitrogens is 4. The Hall–Kier alpha value is -1.82. The second-order valence-corrected chi connectivity index (χ2v) is 3.60. The Labute approximate surface area is 98.7 Å². The zero-order chi connectivity index (χ0) is 12.3. The van der Waals surface area contributed by atoms with Crippen molar-refractivity contribution in [1.82, 2.24) is 25.3 Å². The molecule has 1 atom stereocenters. The number of hydrogen-bond acceptors (Lipinski definition) is 4. The molecule has 0 aliphatic carbocycles. The first-order valence-corrected chi connectivity index (χ1v) is 5.43. The molecule has 2 heterocycles. The summed E-state index contributed by atoms with van der Waals surface area (Å²) in [5.41, 5.74) is 1.65. The molecule has 0 saturated carbocycles. The van der Waals surface area contributed by atoms with Gasteiger partial charge in [0.2, 0.25) is 0 Å². The Morgan fingerprint density at radius 3 is 2.82 bits per heavy atom. The van der Waals surface area contributed by atoms with E-state index in [0.29, 0.717) is 0 Å². The van der Waals surface area contributed by atoms with Gasteiger partial charge in [-0.15, -0.1) is 5.10 Å². The molecule has 0 saturated heterocycles. The summed E-state index contributed by atoms with van der Waals surface area (Å²) in [5, 5.41) is 11.0. The van der Waals surface area contributed by atoms with Crippen molar-refractivity contribution < 1.29 is 4.39 Å². The average Bonchev–Trinajstić information content (AvgIpc) is 2.81. The number of rotatable bonds is 4. The molecule has 1 unspecified atom stereocenters. The smallest absolute Gasteiger partial charge is 0.141 e. The molecule has 0 aliphatic rings. The maximum absolute atomic E-state index is 12.8. The zero-order valence-electron chi connectivity index (χ0n) is 9.76. The number of aryl methyl sites for hydroxylation is 1. The topological polar surface area (TPSA) is 55.6 Å². The maximum atomic E-state index is 12.8. The lowest BCUT2D eigenvalue weighted by Crippen LogP contribution is -2.22. The van der Waals surface area contributed by atoms with Crippen molar-refractivity contribution in [2.75, 3.05) is 7.05 Å². The van der Waals surface area contributed by atoms with Crippen LogP contribution in [0.1, 0.15) is 24.4 Å². The largest absolute Gasteiger partial charge is 0.307 e. The van der Waals surface area contributed by atoms with E-state index in [4.69, 9.17) is 0 Å². The highest BCUT2D eigenvalue weighted by Crippen LogP contribution is 2.18. The van der Waals surface area contributed by atoms with Crippen LogP contribution in [0.25, 0.3) is 0 Å². The molecule has 2 aromatic rings. The average molecular weight is 235 g/mol. The fraction of sp³-hybridized carbons (Fsp3) is 0.364. The first kappa shape index (κ1) is 11.7. The number of pyridine rings is 1. The Morgan fingerprint density at radius 1 is 1.41 bits per heavy atom. The summed E-state index contributed by atoms with van der Waals surface area (Å²) in [6.07, 6.45) is 2.90. The highest BCUT2D eigenvalue weighted by atomic mass is 19.1. The van der Waals surface area contributed by atoms with Crippen molar-refractivity contribution in [3.05, 3.63) is 41.7 Å². The van der Waals surface area contributed by atoms with Crippen LogP contribution in [-0.2, 0) is 6.54 Å². The molecule has 0 bridgehead atoms. The minimum atomic E-state index is -0.342. The van der Waals surface area contributed by atoms with Crippen molar-refractivity contribution in [1.29, 1.82) is 0 Å². The molecular formula is C11H14FN5. The van der Waals surface area contributed by atoms with Gasteiger partial charge in [-0.3, -0.25) is 4.98 Å². The minimum Gasteiger partial charge on any atom is -0.307 e. The minimum absolute atomic E-state index is 0.134. The lowest BCUT2D eigenvalue weighted by Gasteiger charge is -2.15. The van der Waals surface area contributed by atoms with Gasteiger partial charge in [0.05, 0.1) is 29.8 Å². The fourth-order valence-electron chi connectivity index (χ4n) is 1.74. The third-order valence-electron chi connectivity index (χ3n) is 2.58. The van der Waals surface area contributed by atoms with Crippen LogP contribution in [0.3, 0.4) is 0 Å². The Bertz CT molecular complexity index is 479. The molecule has 17 heavy (non-hydrogen) atoms. The van der Waals surface area contributed by atoms with Crippen LogP contribution in [0.4, 0.5) is 4.39 Å². The van der Waals surface area contributed by atoms with Gasteiger partial charge in [0.1, 0.15) is 5.82 Å². The number of nitrogens with zero attached hydrogens (tertiary/aromatic N) is 4. The Morgan fingerprint density at radius 2 is 2.24 bits per heavy atom. The zero-order valence-corrected chi connectivity index (χ0v) is 9.76. The molecule has 0 aromatic carbocycles. The Kier molecular flexibility index (Phi) is 3.43. The Balaban J connectivity index is 2.36. The van der Waals surface area contributed by atoms with Gasteiger partial charge in [0, 0.05) is 6.54 Å². The van der Waals surface area contributed by atoms with E-state index in [1.54, 1.807) is 16.9 Å². The first-order valence-electron chi connectivity index (χ1n) is 5.43. The van der Waals surface area contributed by atoms with Gasteiger partial charge < -0.3 is 5.32 Å². The molecule has 90 valence electrons. The summed E-state index contributed by atoms with van der Waals surface area (Å²) < 4.78 is 14.6. The van der Waals surface area contributed by atoms with E-state index in [0.717, 1.165) is 17.9 Å². The molecule has 0 spiro atoms. The van der Waals surface area contributed by atoms with Crippen LogP contribution in [-0.4, -0.2) is 27.0 Å². The normalized spacial score (nSPS) is 12.6. The molecule has 0 aliphatic heterocycles. The lowest BCUT2D eigenvalue weighted by molar-refractivity contribution is 0.543. The van der Waals surface area contributed by atoms with Crippen molar-refractivity contribution in [2.45, 2.75) is 19.5 Å². The second-order valence-electron chi connectivity index (χ2n) is 3.60. The van der Waals surface area contributed by atoms with Crippen LogP contribution in [0.5, 0.6) is 0 Å². The molecule has 0 radical (unpaired) electrons. The molecule has 2 aromatic heterocycles. The highest BCUT2D eigenvalue weighted by molar-refractivity contribution is 5.20. The van der Waals surface area contributed by atoms with Gasteiger partial charge in [0.15, 0.2) is 0 Å². The van der Waals surface area contributed by atoms with E-state index < -0.39 is 0 Å². The number of hydrogen-bond donors (Lipinski definition) is 1. The van der Waals surface area contributed by atoms with Gasteiger partial charge >= 0.3 is 0 Å². The van der Waals surface area contributed by atoms with Crippen LogP contribution in [0, 0.1) is 5.82 Å². The van der Waals surface area contributed by atoms with E-state index in [2.05, 4.69) is 20.6 Å². The summed E-state index contributed by atoms with van der Waals surface area (Å²) >= 11 is 0. The predicted octanol–water partition coefficient (Wildman–Crippen LogP) is 1.14. The SMILES string of the molecule is CCn1nncc1C(NC)c1ccc(F)cn1. The molecule has 0 amide bonds. The van der Waals surface area contributed by atoms with Crippen LogP contribution >= 0.6 is 0 Å². The number of halogens is 1. The van der Waals surface area contributed by atoms with Crippen molar-refractivity contribution in [2.24, 2.45) is 0 Å². The van der Waals surface area contributed by atoms with Crippen LogP contribution in [0.15, 0.2) is 24.5 Å². The summed E-state index contributed by atoms with van der Waals surface area (Å²) in [7, 11) is 1.82. The van der Waals surface area contributed by atoms with Gasteiger partial charge in [0.25, 0.3) is 0 Å². The van der Waals surface area contributed by atoms with Crippen molar-refractivity contribution in [3.63, 3.8) is 0 Å². The van der Waals surface area contributed by atoms with Gasteiger partial charge in [-0.2, -0.15) is 0 Å². The third kappa shape index (κ3) is 2.31. The monoisotopic (exact) mass is 235 g/mol. The maximum Gasteiger partial charge on any atom is 0.141 e. The van der Waals surface area contributed by atoms with E-state index in [1.807, 2.05) is 14.0 Å². The molecular weight excluding hydrogens is 221 g/mol. The molecule has 2 rings (SSSR count). The van der Waals surface area contributed by atoms with Crippen LogP contribution < -0.4 is 5.32 Å². The van der Waals surface area contributed by atoms with Crippen molar-refractivity contribution >= 4 is 0 Å². The van der Waals surface area contributed by atoms with E-state index in [-0.39, 0.29) is 11.9 Å². The molecule has 6 heteroatoms. The molecule has 5 nitrogen and oxygen atoms in total. The number of nitrogens with one attached hydrogen (secondary N) is 1. The van der Waals surface area contributed by atoms with Gasteiger partial charge in [-0.25, -0.2) is 9.07 Å². The van der Waals surface area contributed by atoms with Gasteiger partial charge in [-0.05, 0) is 26.1 Å². The third-order valence-corrected chi connectivity index (χ3v) is 2.58. The highest BCUT2D eigenvalue weighted by Gasteiger charge is 2.18. The standard InChI is InChI=1S/C11H14FN5/c1-3-17-10(7-15-16-17)11(13-2)9-5-4-8(12)6-14-9/h4-7,11,13H,3H2,1-2H3. The van der Waals surface area contributed by atoms with E-state index in [1.165, 1.54) is 12.3 Å². The summed E-state index contributed by atoms with van der Waals surface area (Å²) in [4.78, 5) is 4.07.